The quantitative estimate of drug-likeness (QED) is 0.173. The van der Waals surface area contributed by atoms with Crippen LogP contribution in [-0.2, 0) is 9.47 Å². The molecule has 0 amide bonds. The van der Waals surface area contributed by atoms with Crippen molar-refractivity contribution in [3.63, 3.8) is 0 Å². The molecule has 0 saturated heterocycles. The van der Waals surface area contributed by atoms with Crippen molar-refractivity contribution in [1.82, 2.24) is 0 Å². The van der Waals surface area contributed by atoms with Gasteiger partial charge in [-0.25, -0.2) is 9.59 Å². The topological polar surface area (TPSA) is 71.1 Å². The molecule has 50 heavy (non-hydrogen) atoms. The Kier molecular flexibility index (Phi) is 15.3. The maximum Gasteiger partial charge on any atom is 0.338 e. The largest absolute Gasteiger partial charge is 0.494 e. The molecule has 8 heterocycles. The summed E-state index contributed by atoms with van der Waals surface area (Å²) in [6.45, 7) is 2.31. The number of carbonyl (C=O) groups excluding carboxylic acids is 2. The molecule has 4 aromatic rings. The normalized spacial score (nSPS) is 16.9. The van der Waals surface area contributed by atoms with Crippen molar-refractivity contribution >= 4 is 11.9 Å². The van der Waals surface area contributed by atoms with Gasteiger partial charge >= 0.3 is 11.9 Å². The fourth-order valence-corrected chi connectivity index (χ4v) is 6.14. The van der Waals surface area contributed by atoms with Crippen molar-refractivity contribution in [3.8, 4) is 33.8 Å². The van der Waals surface area contributed by atoms with E-state index >= 15 is 0 Å². The zero-order valence-electron chi connectivity index (χ0n) is 29.4. The lowest BCUT2D eigenvalue weighted by Crippen LogP contribution is -2.06. The molecule has 0 atom stereocenters. The van der Waals surface area contributed by atoms with Crippen LogP contribution < -0.4 is 9.47 Å². The van der Waals surface area contributed by atoms with Crippen LogP contribution >= 0.6 is 0 Å². The third-order valence-electron chi connectivity index (χ3n) is 9.20. The number of carbonyl (C=O) groups is 2. The van der Waals surface area contributed by atoms with Gasteiger partial charge in [0.1, 0.15) is 11.5 Å². The molecule has 0 saturated carbocycles. The molecule has 0 aliphatic carbocycles. The standard InChI is InChI=1S/C44H52O6/c45-43-39-19-15-35(16-20-39)37-23-27-41(28-24-37)47-31-11-7-5-6-8-12-32-48-42-29-25-38(26-30-42)36-17-21-40(22-18-36)44(46)50-34-14-10-4-2-1-3-9-13-33-49-43/h15-30H,1-14,31-34H2. The van der Waals surface area contributed by atoms with E-state index in [1.54, 1.807) is 0 Å². The summed E-state index contributed by atoms with van der Waals surface area (Å²) in [5.74, 6) is 1.21. The first-order chi connectivity index (χ1) is 24.7. The van der Waals surface area contributed by atoms with E-state index in [0.29, 0.717) is 37.6 Å². The predicted octanol–water partition coefficient (Wildman–Crippen LogP) is 11.3. The molecule has 8 bridgehead atoms. The molecular weight excluding hydrogens is 624 g/mol. The Labute approximate surface area is 298 Å². The monoisotopic (exact) mass is 676 g/mol. The van der Waals surface area contributed by atoms with Gasteiger partial charge in [-0.3, -0.25) is 0 Å². The molecule has 0 spiro atoms. The first-order valence-corrected chi connectivity index (χ1v) is 18.7. The Morgan fingerprint density at radius 1 is 0.260 bits per heavy atom. The number of rotatable bonds is 0. The molecule has 4 aromatic carbocycles. The zero-order chi connectivity index (χ0) is 34.6. The van der Waals surface area contributed by atoms with Crippen LogP contribution in [-0.4, -0.2) is 38.4 Å². The van der Waals surface area contributed by atoms with Gasteiger partial charge in [0.15, 0.2) is 0 Å². The van der Waals surface area contributed by atoms with E-state index in [9.17, 15) is 9.59 Å². The summed E-state index contributed by atoms with van der Waals surface area (Å²) in [6, 6.07) is 31.5. The van der Waals surface area contributed by atoms with Crippen molar-refractivity contribution in [2.45, 2.75) is 89.9 Å². The Hall–Kier alpha value is -4.58. The molecule has 0 radical (unpaired) electrons. The van der Waals surface area contributed by atoms with Crippen molar-refractivity contribution < 1.29 is 28.5 Å². The lowest BCUT2D eigenvalue weighted by molar-refractivity contribution is 0.0487. The van der Waals surface area contributed by atoms with Crippen LogP contribution in [0.15, 0.2) is 97.1 Å². The summed E-state index contributed by atoms with van der Waals surface area (Å²) < 4.78 is 23.0. The third-order valence-corrected chi connectivity index (χ3v) is 9.20. The van der Waals surface area contributed by atoms with Gasteiger partial charge in [-0.05, 0) is 96.5 Å². The lowest BCUT2D eigenvalue weighted by atomic mass is 10.0. The van der Waals surface area contributed by atoms with Crippen LogP contribution in [0.4, 0.5) is 0 Å². The van der Waals surface area contributed by atoms with Gasteiger partial charge in [0.2, 0.25) is 0 Å². The maximum atomic E-state index is 12.5. The molecule has 264 valence electrons. The van der Waals surface area contributed by atoms with Gasteiger partial charge in [-0.15, -0.1) is 0 Å². The highest BCUT2D eigenvalue weighted by Gasteiger charge is 2.10. The Morgan fingerprint density at radius 3 is 0.780 bits per heavy atom. The van der Waals surface area contributed by atoms with Crippen molar-refractivity contribution in [3.05, 3.63) is 108 Å². The summed E-state index contributed by atoms with van der Waals surface area (Å²) in [7, 11) is 0. The van der Waals surface area contributed by atoms with Crippen LogP contribution in [0, 0.1) is 0 Å². The van der Waals surface area contributed by atoms with Gasteiger partial charge in [-0.2, -0.15) is 0 Å². The number of benzene rings is 4. The van der Waals surface area contributed by atoms with Crippen molar-refractivity contribution in [1.29, 1.82) is 0 Å². The molecule has 8 aliphatic rings. The number of hydrogen-bond donors (Lipinski definition) is 0. The second-order valence-corrected chi connectivity index (χ2v) is 13.1. The highest BCUT2D eigenvalue weighted by molar-refractivity contribution is 5.90. The van der Waals surface area contributed by atoms with E-state index in [4.69, 9.17) is 18.9 Å². The molecule has 0 unspecified atom stereocenters. The van der Waals surface area contributed by atoms with Gasteiger partial charge in [0, 0.05) is 0 Å². The number of hydrogen-bond acceptors (Lipinski definition) is 6. The Bertz CT molecular complexity index is 1440. The third kappa shape index (κ3) is 12.4. The average molecular weight is 677 g/mol. The van der Waals surface area contributed by atoms with E-state index in [-0.39, 0.29) is 11.9 Å². The zero-order valence-corrected chi connectivity index (χ0v) is 29.4. The molecule has 8 aliphatic heterocycles. The predicted molar refractivity (Wildman–Crippen MR) is 200 cm³/mol. The van der Waals surface area contributed by atoms with E-state index in [1.165, 1.54) is 12.8 Å². The maximum absolute atomic E-state index is 12.5. The number of esters is 2. The van der Waals surface area contributed by atoms with Crippen LogP contribution in [0.25, 0.3) is 22.3 Å². The minimum absolute atomic E-state index is 0.271. The first kappa shape index (κ1) is 36.7. The van der Waals surface area contributed by atoms with Gasteiger partial charge in [0.25, 0.3) is 0 Å². The molecular formula is C44H52O6. The van der Waals surface area contributed by atoms with Crippen LogP contribution in [0.5, 0.6) is 11.5 Å². The van der Waals surface area contributed by atoms with Crippen LogP contribution in [0.3, 0.4) is 0 Å². The minimum atomic E-state index is -0.271. The fourth-order valence-electron chi connectivity index (χ4n) is 6.14. The van der Waals surface area contributed by atoms with Gasteiger partial charge < -0.3 is 18.9 Å². The van der Waals surface area contributed by atoms with Crippen molar-refractivity contribution in [2.75, 3.05) is 26.4 Å². The fraction of sp³-hybridized carbons (Fsp3) is 0.409. The second-order valence-electron chi connectivity index (χ2n) is 13.1. The summed E-state index contributed by atoms with van der Waals surface area (Å²) in [6.07, 6.45) is 15.1. The highest BCUT2D eigenvalue weighted by atomic mass is 16.5. The number of ether oxygens (including phenoxy) is 4. The first-order valence-electron chi connectivity index (χ1n) is 18.7. The molecule has 6 nitrogen and oxygen atoms in total. The van der Waals surface area contributed by atoms with Crippen LogP contribution in [0.2, 0.25) is 0 Å². The van der Waals surface area contributed by atoms with Gasteiger partial charge in [0.05, 0.1) is 37.6 Å². The Morgan fingerprint density at radius 2 is 0.480 bits per heavy atom. The molecule has 0 fully saturated rings. The van der Waals surface area contributed by atoms with E-state index in [2.05, 4.69) is 24.3 Å². The Balaban J connectivity index is 1.08. The molecule has 0 aromatic heterocycles. The summed E-state index contributed by atoms with van der Waals surface area (Å²) in [5.41, 5.74) is 5.42. The summed E-state index contributed by atoms with van der Waals surface area (Å²) in [5, 5.41) is 0. The smallest absolute Gasteiger partial charge is 0.338 e. The lowest BCUT2D eigenvalue weighted by Gasteiger charge is -2.09. The van der Waals surface area contributed by atoms with Gasteiger partial charge in [-0.1, -0.05) is 113 Å². The van der Waals surface area contributed by atoms with E-state index in [1.807, 2.05) is 72.8 Å². The highest BCUT2D eigenvalue weighted by Crippen LogP contribution is 2.25. The minimum Gasteiger partial charge on any atom is -0.494 e. The summed E-state index contributed by atoms with van der Waals surface area (Å²) in [4.78, 5) is 25.1. The molecule has 12 rings (SSSR count). The second kappa shape index (κ2) is 20.8. The van der Waals surface area contributed by atoms with E-state index < -0.39 is 0 Å². The van der Waals surface area contributed by atoms with Crippen LogP contribution in [0.1, 0.15) is 111 Å². The molecule has 6 heteroatoms. The average Bonchev–Trinajstić information content (AvgIpc) is 3.16. The molecule has 0 N–H and O–H groups in total. The summed E-state index contributed by atoms with van der Waals surface area (Å²) >= 11 is 0. The van der Waals surface area contributed by atoms with E-state index in [0.717, 1.165) is 111 Å². The SMILES string of the molecule is O=C1OCCCCCCCCCCOC(=O)c2ccc(cc2)-c2ccc(cc2)OCCCCCCCCOc2ccc(cc2)-c2ccc1cc2. The van der Waals surface area contributed by atoms with Crippen molar-refractivity contribution in [2.24, 2.45) is 0 Å².